The fraction of sp³-hybridized carbons (Fsp3) is 0.316. The van der Waals surface area contributed by atoms with Crippen LogP contribution in [0.4, 0.5) is 0 Å². The Morgan fingerprint density at radius 1 is 1.23 bits per heavy atom. The molecule has 5 nitrogen and oxygen atoms in total. The van der Waals surface area contributed by atoms with Crippen molar-refractivity contribution in [2.75, 3.05) is 12.4 Å². The lowest BCUT2D eigenvalue weighted by Crippen LogP contribution is -2.90. The van der Waals surface area contributed by atoms with Gasteiger partial charge in [0.25, 0.3) is 0 Å². The van der Waals surface area contributed by atoms with Gasteiger partial charge in [-0.1, -0.05) is 35.5 Å². The Balaban J connectivity index is 1.72. The topological polar surface area (TPSA) is 75.2 Å². The molecule has 138 valence electrons. The Morgan fingerprint density at radius 2 is 2.00 bits per heavy atom. The van der Waals surface area contributed by atoms with Crippen molar-refractivity contribution in [1.82, 2.24) is 0 Å². The summed E-state index contributed by atoms with van der Waals surface area (Å²) in [7, 11) is 0. The summed E-state index contributed by atoms with van der Waals surface area (Å²) in [5.41, 5.74) is 2.01. The van der Waals surface area contributed by atoms with E-state index in [2.05, 4.69) is 0 Å². The van der Waals surface area contributed by atoms with Gasteiger partial charge in [0.2, 0.25) is 0 Å². The Labute approximate surface area is 161 Å². The van der Waals surface area contributed by atoms with Crippen LogP contribution in [0.2, 0.25) is 5.02 Å². The third-order valence-corrected chi connectivity index (χ3v) is 5.66. The maximum absolute atomic E-state index is 11.0. The van der Waals surface area contributed by atoms with Crippen molar-refractivity contribution in [3.05, 3.63) is 58.6 Å². The van der Waals surface area contributed by atoms with E-state index in [-0.39, 0.29) is 5.37 Å². The highest BCUT2D eigenvalue weighted by Gasteiger charge is 2.31. The first-order valence-corrected chi connectivity index (χ1v) is 9.81. The lowest BCUT2D eigenvalue weighted by Gasteiger charge is -2.15. The number of ether oxygens (including phenoxy) is 2. The number of quaternary nitrogens is 1. The van der Waals surface area contributed by atoms with Gasteiger partial charge in [-0.3, -0.25) is 0 Å². The zero-order chi connectivity index (χ0) is 18.5. The van der Waals surface area contributed by atoms with Gasteiger partial charge in [0.15, 0.2) is 16.9 Å². The monoisotopic (exact) mass is 393 g/mol. The predicted molar refractivity (Wildman–Crippen MR) is 99.3 cm³/mol. The second-order valence-electron chi connectivity index (χ2n) is 5.93. The molecule has 0 aromatic heterocycles. The molecule has 2 aromatic rings. The fourth-order valence-electron chi connectivity index (χ4n) is 2.71. The van der Waals surface area contributed by atoms with Crippen molar-refractivity contribution >= 4 is 29.3 Å². The van der Waals surface area contributed by atoms with E-state index in [9.17, 15) is 9.90 Å². The molecule has 0 bridgehead atoms. The Hall–Kier alpha value is -1.89. The van der Waals surface area contributed by atoms with E-state index in [1.807, 2.05) is 54.7 Å². The SMILES string of the molecule is CCOc1cc([C@H]2[NH2+][C@H](C(=O)[O-])CS2)ccc1OCc1ccc(Cl)cc1. The van der Waals surface area contributed by atoms with Gasteiger partial charge in [0.1, 0.15) is 18.6 Å². The zero-order valence-corrected chi connectivity index (χ0v) is 15.9. The smallest absolute Gasteiger partial charge is 0.161 e. The lowest BCUT2D eigenvalue weighted by atomic mass is 10.2. The molecule has 2 aromatic carbocycles. The normalized spacial score (nSPS) is 19.3. The molecule has 2 N–H and O–H groups in total. The number of carboxylic acid groups (broad SMARTS) is 1. The van der Waals surface area contributed by atoms with E-state index in [1.54, 1.807) is 11.8 Å². The molecule has 1 aliphatic rings. The molecule has 7 heteroatoms. The van der Waals surface area contributed by atoms with Gasteiger partial charge in [-0.15, -0.1) is 0 Å². The quantitative estimate of drug-likeness (QED) is 0.775. The van der Waals surface area contributed by atoms with Gasteiger partial charge in [0.05, 0.1) is 12.4 Å². The van der Waals surface area contributed by atoms with E-state index in [0.717, 1.165) is 11.1 Å². The molecule has 26 heavy (non-hydrogen) atoms. The summed E-state index contributed by atoms with van der Waals surface area (Å²) in [6.45, 7) is 2.84. The number of carbonyl (C=O) groups is 1. The average Bonchev–Trinajstić information content (AvgIpc) is 3.13. The summed E-state index contributed by atoms with van der Waals surface area (Å²) in [5.74, 6) is 0.828. The number of carbonyl (C=O) groups excluding carboxylic acids is 1. The first kappa shape index (κ1) is 18.9. The van der Waals surface area contributed by atoms with E-state index >= 15 is 0 Å². The maximum Gasteiger partial charge on any atom is 0.161 e. The van der Waals surface area contributed by atoms with Crippen LogP contribution < -0.4 is 19.9 Å². The van der Waals surface area contributed by atoms with Gasteiger partial charge in [-0.2, -0.15) is 0 Å². The molecule has 0 radical (unpaired) electrons. The van der Waals surface area contributed by atoms with Crippen molar-refractivity contribution in [3.8, 4) is 11.5 Å². The number of halogens is 1. The molecule has 0 spiro atoms. The first-order chi connectivity index (χ1) is 12.6. The highest BCUT2D eigenvalue weighted by Crippen LogP contribution is 2.35. The van der Waals surface area contributed by atoms with Crippen LogP contribution in [0.15, 0.2) is 42.5 Å². The number of hydrogen-bond acceptors (Lipinski definition) is 5. The number of nitrogens with two attached hydrogens (primary N) is 1. The van der Waals surface area contributed by atoms with Crippen molar-refractivity contribution in [1.29, 1.82) is 0 Å². The molecular weight excluding hydrogens is 374 g/mol. The van der Waals surface area contributed by atoms with Crippen LogP contribution in [-0.4, -0.2) is 24.4 Å². The van der Waals surface area contributed by atoms with Crippen molar-refractivity contribution in [2.24, 2.45) is 0 Å². The van der Waals surface area contributed by atoms with Crippen LogP contribution >= 0.6 is 23.4 Å². The van der Waals surface area contributed by atoms with Gasteiger partial charge < -0.3 is 24.7 Å². The summed E-state index contributed by atoms with van der Waals surface area (Å²) in [6, 6.07) is 12.7. The second-order valence-corrected chi connectivity index (χ2v) is 7.54. The van der Waals surface area contributed by atoms with Crippen molar-refractivity contribution in [2.45, 2.75) is 24.9 Å². The highest BCUT2D eigenvalue weighted by atomic mass is 35.5. The van der Waals surface area contributed by atoms with Gasteiger partial charge >= 0.3 is 0 Å². The third kappa shape index (κ3) is 4.63. The molecule has 1 fully saturated rings. The minimum atomic E-state index is -1.02. The van der Waals surface area contributed by atoms with E-state index in [4.69, 9.17) is 21.1 Å². The summed E-state index contributed by atoms with van der Waals surface area (Å²) in [6.07, 6.45) is 0. The summed E-state index contributed by atoms with van der Waals surface area (Å²) in [5, 5.41) is 13.6. The molecule has 0 saturated carbocycles. The standard InChI is InChI=1S/C19H20ClNO4S/c1-2-24-17-9-13(18-21-15(11-26-18)19(22)23)5-8-16(17)25-10-12-3-6-14(20)7-4-12/h3-9,15,18,21H,2,10-11H2,1H3,(H,22,23)/t15-,18-/m0/s1. The van der Waals surface area contributed by atoms with E-state index in [0.29, 0.717) is 35.5 Å². The Kier molecular flexibility index (Phi) is 6.29. The fourth-order valence-corrected chi connectivity index (χ4v) is 4.14. The van der Waals surface area contributed by atoms with Crippen LogP contribution in [0.3, 0.4) is 0 Å². The largest absolute Gasteiger partial charge is 0.544 e. The van der Waals surface area contributed by atoms with Crippen LogP contribution in [0.5, 0.6) is 11.5 Å². The van der Waals surface area contributed by atoms with Crippen LogP contribution in [0.1, 0.15) is 23.4 Å². The van der Waals surface area contributed by atoms with Crippen LogP contribution in [0, 0.1) is 0 Å². The molecule has 1 aliphatic heterocycles. The molecule has 0 amide bonds. The lowest BCUT2D eigenvalue weighted by molar-refractivity contribution is -0.690. The zero-order valence-electron chi connectivity index (χ0n) is 14.3. The van der Waals surface area contributed by atoms with Crippen molar-refractivity contribution in [3.63, 3.8) is 0 Å². The highest BCUT2D eigenvalue weighted by molar-refractivity contribution is 7.99. The molecule has 1 heterocycles. The Morgan fingerprint density at radius 3 is 2.65 bits per heavy atom. The van der Waals surface area contributed by atoms with Crippen molar-refractivity contribution < 1.29 is 24.7 Å². The minimum Gasteiger partial charge on any atom is -0.544 e. The predicted octanol–water partition coefficient (Wildman–Crippen LogP) is 1.75. The van der Waals surface area contributed by atoms with Gasteiger partial charge in [-0.05, 0) is 42.8 Å². The molecule has 1 saturated heterocycles. The van der Waals surface area contributed by atoms with E-state index in [1.165, 1.54) is 0 Å². The molecule has 2 atom stereocenters. The van der Waals surface area contributed by atoms with Gasteiger partial charge in [0, 0.05) is 10.6 Å². The second kappa shape index (κ2) is 8.66. The van der Waals surface area contributed by atoms with Gasteiger partial charge in [-0.25, -0.2) is 0 Å². The molecule has 0 unspecified atom stereocenters. The molecule has 3 rings (SSSR count). The number of hydrogen-bond donors (Lipinski definition) is 1. The molecular formula is C19H20ClNO4S. The average molecular weight is 394 g/mol. The number of thioether (sulfide) groups is 1. The number of carboxylic acids is 1. The summed E-state index contributed by atoms with van der Waals surface area (Å²) < 4.78 is 11.6. The van der Waals surface area contributed by atoms with E-state index < -0.39 is 12.0 Å². The number of aliphatic carboxylic acids is 1. The number of benzene rings is 2. The first-order valence-electron chi connectivity index (χ1n) is 8.38. The minimum absolute atomic E-state index is 0.0161. The molecule has 0 aliphatic carbocycles. The maximum atomic E-state index is 11.0. The number of rotatable bonds is 7. The van der Waals surface area contributed by atoms with Crippen LogP contribution in [-0.2, 0) is 11.4 Å². The third-order valence-electron chi connectivity index (χ3n) is 4.07. The summed E-state index contributed by atoms with van der Waals surface area (Å²) >= 11 is 7.49. The Bertz CT molecular complexity index is 769. The van der Waals surface area contributed by atoms with Crippen LogP contribution in [0.25, 0.3) is 0 Å². The summed E-state index contributed by atoms with van der Waals surface area (Å²) in [4.78, 5) is 11.0.